The molecule has 1 saturated carbocycles. The molecule has 9 heteroatoms. The number of nitrogens with zero attached hydrogens (tertiary/aromatic N) is 2. The Morgan fingerprint density at radius 1 is 1.17 bits per heavy atom. The van der Waals surface area contributed by atoms with Crippen molar-refractivity contribution in [3.8, 4) is 5.75 Å². The molecule has 4 rings (SSSR count). The third kappa shape index (κ3) is 5.33. The Bertz CT molecular complexity index is 993. The average Bonchev–Trinajstić information content (AvgIpc) is 2.64. The fraction of sp³-hybridized carbons (Fsp3) is 0.300. The van der Waals surface area contributed by atoms with Crippen molar-refractivity contribution in [3.05, 3.63) is 65.0 Å². The first kappa shape index (κ1) is 21.3. The van der Waals surface area contributed by atoms with E-state index in [4.69, 9.17) is 16.7 Å². The van der Waals surface area contributed by atoms with E-state index in [1.54, 1.807) is 18.5 Å². The molecule has 154 valence electrons. The van der Waals surface area contributed by atoms with Gasteiger partial charge in [0, 0.05) is 35.9 Å². The first-order chi connectivity index (χ1) is 13.8. The molecule has 0 aliphatic heterocycles. The van der Waals surface area contributed by atoms with Crippen molar-refractivity contribution in [2.45, 2.75) is 38.0 Å². The molecule has 0 amide bonds. The fourth-order valence-electron chi connectivity index (χ4n) is 2.88. The molecule has 1 aliphatic rings. The van der Waals surface area contributed by atoms with Crippen LogP contribution in [0.4, 0.5) is 17.6 Å². The first-order valence-corrected chi connectivity index (χ1v) is 9.29. The van der Waals surface area contributed by atoms with Gasteiger partial charge in [0.05, 0.1) is 11.8 Å². The molecule has 0 bridgehead atoms. The van der Waals surface area contributed by atoms with Gasteiger partial charge in [-0.1, -0.05) is 18.0 Å². The Labute approximate surface area is 169 Å². The van der Waals surface area contributed by atoms with E-state index in [1.807, 2.05) is 6.07 Å². The highest BCUT2D eigenvalue weighted by molar-refractivity contribution is 6.30. The van der Waals surface area contributed by atoms with Crippen LogP contribution in [0.5, 0.6) is 5.75 Å². The van der Waals surface area contributed by atoms with E-state index in [-0.39, 0.29) is 5.82 Å². The molecule has 2 aromatic heterocycles. The standard InChI is InChI=1S/C14H15FN2.C6H3ClF3NO/c15-14-5-4-10-8-16-7-6-12(10)13(14)9-17-11-2-1-3-11;7-5-4(6(8,9)10)1-3(12)2-11-5/h4-8,11,17H,1-3,9H2;1-2,12H. The zero-order valence-electron chi connectivity index (χ0n) is 15.2. The lowest BCUT2D eigenvalue weighted by Gasteiger charge is -2.26. The Balaban J connectivity index is 0.000000177. The predicted octanol–water partition coefficient (Wildman–Crippen LogP) is 5.48. The molecule has 0 radical (unpaired) electrons. The van der Waals surface area contributed by atoms with Gasteiger partial charge in [-0.2, -0.15) is 13.2 Å². The van der Waals surface area contributed by atoms with E-state index in [0.29, 0.717) is 18.7 Å². The fourth-order valence-corrected chi connectivity index (χ4v) is 3.09. The number of benzene rings is 1. The summed E-state index contributed by atoms with van der Waals surface area (Å²) in [6.45, 7) is 0.609. The Kier molecular flexibility index (Phi) is 6.54. The third-order valence-electron chi connectivity index (χ3n) is 4.68. The summed E-state index contributed by atoms with van der Waals surface area (Å²) in [6, 6.07) is 6.30. The van der Waals surface area contributed by atoms with Gasteiger partial charge in [-0.15, -0.1) is 0 Å². The van der Waals surface area contributed by atoms with Crippen molar-refractivity contribution in [1.82, 2.24) is 15.3 Å². The van der Waals surface area contributed by atoms with Gasteiger partial charge in [0.25, 0.3) is 0 Å². The van der Waals surface area contributed by atoms with Crippen molar-refractivity contribution in [3.63, 3.8) is 0 Å². The van der Waals surface area contributed by atoms with E-state index in [1.165, 1.54) is 25.3 Å². The van der Waals surface area contributed by atoms with Gasteiger partial charge in [0.2, 0.25) is 0 Å². The number of fused-ring (bicyclic) bond motifs is 1. The van der Waals surface area contributed by atoms with Crippen molar-refractivity contribution in [2.24, 2.45) is 0 Å². The number of aromatic nitrogens is 2. The van der Waals surface area contributed by atoms with Crippen LogP contribution in [0.2, 0.25) is 5.15 Å². The van der Waals surface area contributed by atoms with Crippen LogP contribution in [0.1, 0.15) is 30.4 Å². The Morgan fingerprint density at radius 3 is 2.55 bits per heavy atom. The number of hydrogen-bond acceptors (Lipinski definition) is 4. The summed E-state index contributed by atoms with van der Waals surface area (Å²) >= 11 is 5.14. The number of halogens is 5. The molecule has 0 atom stereocenters. The highest BCUT2D eigenvalue weighted by Gasteiger charge is 2.34. The average molecular weight is 428 g/mol. The number of rotatable bonds is 3. The molecule has 2 heterocycles. The van der Waals surface area contributed by atoms with Gasteiger partial charge in [-0.25, -0.2) is 9.37 Å². The second-order valence-corrected chi connectivity index (χ2v) is 7.02. The van der Waals surface area contributed by atoms with Gasteiger partial charge < -0.3 is 10.4 Å². The lowest BCUT2D eigenvalue weighted by molar-refractivity contribution is -0.137. The maximum absolute atomic E-state index is 13.8. The van der Waals surface area contributed by atoms with E-state index in [9.17, 15) is 17.6 Å². The third-order valence-corrected chi connectivity index (χ3v) is 4.98. The van der Waals surface area contributed by atoms with Crippen LogP contribution in [-0.2, 0) is 12.7 Å². The van der Waals surface area contributed by atoms with E-state index >= 15 is 0 Å². The topological polar surface area (TPSA) is 58.0 Å². The minimum atomic E-state index is -4.58. The monoisotopic (exact) mass is 427 g/mol. The highest BCUT2D eigenvalue weighted by Crippen LogP contribution is 2.35. The summed E-state index contributed by atoms with van der Waals surface area (Å²) in [4.78, 5) is 7.20. The van der Waals surface area contributed by atoms with Crippen molar-refractivity contribution < 1.29 is 22.7 Å². The van der Waals surface area contributed by atoms with Crippen LogP contribution in [0, 0.1) is 5.82 Å². The molecule has 1 fully saturated rings. The molecule has 0 unspecified atom stereocenters. The van der Waals surface area contributed by atoms with Crippen LogP contribution in [-0.4, -0.2) is 21.1 Å². The summed E-state index contributed by atoms with van der Waals surface area (Å²) in [7, 11) is 0. The first-order valence-electron chi connectivity index (χ1n) is 8.92. The summed E-state index contributed by atoms with van der Waals surface area (Å²) in [5.74, 6) is -0.692. The van der Waals surface area contributed by atoms with Crippen LogP contribution < -0.4 is 5.32 Å². The van der Waals surface area contributed by atoms with E-state index in [2.05, 4.69) is 15.3 Å². The van der Waals surface area contributed by atoms with Crippen molar-refractivity contribution in [1.29, 1.82) is 0 Å². The normalized spacial score (nSPS) is 14.2. The molecule has 1 aromatic carbocycles. The number of aromatic hydroxyl groups is 1. The van der Waals surface area contributed by atoms with Gasteiger partial charge in [-0.3, -0.25) is 4.98 Å². The molecule has 3 aromatic rings. The van der Waals surface area contributed by atoms with Crippen LogP contribution >= 0.6 is 11.6 Å². The van der Waals surface area contributed by atoms with Gasteiger partial charge in [-0.05, 0) is 42.5 Å². The predicted molar refractivity (Wildman–Crippen MR) is 102 cm³/mol. The number of nitrogens with one attached hydrogen (secondary N) is 1. The Morgan fingerprint density at radius 2 is 1.93 bits per heavy atom. The van der Waals surface area contributed by atoms with Crippen LogP contribution in [0.15, 0.2) is 42.9 Å². The van der Waals surface area contributed by atoms with Gasteiger partial charge >= 0.3 is 6.18 Å². The molecule has 0 spiro atoms. The summed E-state index contributed by atoms with van der Waals surface area (Å²) in [5.41, 5.74) is -0.374. The summed E-state index contributed by atoms with van der Waals surface area (Å²) in [5, 5.41) is 13.4. The zero-order valence-corrected chi connectivity index (χ0v) is 15.9. The second kappa shape index (κ2) is 8.92. The molecular weight excluding hydrogens is 410 g/mol. The lowest BCUT2D eigenvalue weighted by Crippen LogP contribution is -2.34. The molecule has 1 aliphatic carbocycles. The molecule has 0 saturated heterocycles. The molecule has 4 nitrogen and oxygen atoms in total. The Hall–Kier alpha value is -2.45. The summed E-state index contributed by atoms with van der Waals surface area (Å²) in [6.07, 6.45) is 3.48. The van der Waals surface area contributed by atoms with Gasteiger partial charge in [0.15, 0.2) is 0 Å². The lowest BCUT2D eigenvalue weighted by atomic mass is 9.93. The van der Waals surface area contributed by atoms with Crippen LogP contribution in [0.3, 0.4) is 0 Å². The minimum absolute atomic E-state index is 0.129. The van der Waals surface area contributed by atoms with Crippen molar-refractivity contribution in [2.75, 3.05) is 0 Å². The number of alkyl halides is 3. The smallest absolute Gasteiger partial charge is 0.419 e. The highest BCUT2D eigenvalue weighted by atomic mass is 35.5. The quantitative estimate of drug-likeness (QED) is 0.429. The molecular formula is C20H18ClF4N3O. The van der Waals surface area contributed by atoms with E-state index < -0.39 is 22.6 Å². The zero-order chi connectivity index (χ0) is 21.0. The maximum Gasteiger partial charge on any atom is 0.419 e. The van der Waals surface area contributed by atoms with Crippen molar-refractivity contribution >= 4 is 22.4 Å². The second-order valence-electron chi connectivity index (χ2n) is 6.66. The largest absolute Gasteiger partial charge is 0.506 e. The molecule has 29 heavy (non-hydrogen) atoms. The van der Waals surface area contributed by atoms with Crippen LogP contribution in [0.25, 0.3) is 10.8 Å². The number of pyridine rings is 2. The van der Waals surface area contributed by atoms with Gasteiger partial charge in [0.1, 0.15) is 16.7 Å². The SMILES string of the molecule is Fc1ccc2cnccc2c1CNC1CCC1.Oc1cnc(Cl)c(C(F)(F)F)c1. The molecule has 2 N–H and O–H groups in total. The number of hydrogen-bond donors (Lipinski definition) is 2. The minimum Gasteiger partial charge on any atom is -0.506 e. The van der Waals surface area contributed by atoms with E-state index in [0.717, 1.165) is 22.5 Å². The summed E-state index contributed by atoms with van der Waals surface area (Å²) < 4.78 is 49.8. The maximum atomic E-state index is 13.8.